The van der Waals surface area contributed by atoms with Gasteiger partial charge >= 0.3 is 0 Å². The van der Waals surface area contributed by atoms with Gasteiger partial charge in [-0.05, 0) is 0 Å². The first kappa shape index (κ1) is 12.2. The van der Waals surface area contributed by atoms with Gasteiger partial charge in [0.1, 0.15) is 5.82 Å². The molecule has 2 N–H and O–H groups in total. The smallest absolute Gasteiger partial charge is 0.109 e. The summed E-state index contributed by atoms with van der Waals surface area (Å²) in [7, 11) is 2.00. The van der Waals surface area contributed by atoms with E-state index in [1.54, 1.807) is 0 Å². The van der Waals surface area contributed by atoms with Gasteiger partial charge in [0.25, 0.3) is 0 Å². The third-order valence-corrected chi connectivity index (χ3v) is 2.48. The summed E-state index contributed by atoms with van der Waals surface area (Å²) in [5.41, 5.74) is -0.0400. The van der Waals surface area contributed by atoms with Gasteiger partial charge in [0.2, 0.25) is 0 Å². The second-order valence-corrected chi connectivity index (χ2v) is 4.70. The number of aliphatic hydroxyl groups is 1. The molecule has 4 nitrogen and oxygen atoms in total. The highest BCUT2D eigenvalue weighted by atomic mass is 16.3. The average Bonchev–Trinajstić information content (AvgIpc) is 2.59. The summed E-state index contributed by atoms with van der Waals surface area (Å²) >= 11 is 0. The molecule has 0 unspecified atom stereocenters. The van der Waals surface area contributed by atoms with Crippen molar-refractivity contribution in [1.29, 1.82) is 0 Å². The van der Waals surface area contributed by atoms with Crippen LogP contribution in [-0.2, 0) is 13.5 Å². The maximum absolute atomic E-state index is 9.06. The number of hydrogen-bond donors (Lipinski definition) is 2. The molecule has 15 heavy (non-hydrogen) atoms. The molecule has 0 saturated heterocycles. The van der Waals surface area contributed by atoms with Crippen molar-refractivity contribution < 1.29 is 5.11 Å². The highest BCUT2D eigenvalue weighted by molar-refractivity contribution is 4.91. The van der Waals surface area contributed by atoms with E-state index in [0.717, 1.165) is 25.3 Å². The number of aryl methyl sites for hydroxylation is 1. The first-order valence-electron chi connectivity index (χ1n) is 5.33. The Morgan fingerprint density at radius 3 is 2.80 bits per heavy atom. The molecule has 0 aliphatic rings. The van der Waals surface area contributed by atoms with E-state index >= 15 is 0 Å². The molecule has 1 aromatic rings. The van der Waals surface area contributed by atoms with Gasteiger partial charge in [-0.25, -0.2) is 4.98 Å². The van der Waals surface area contributed by atoms with Crippen molar-refractivity contribution in [2.75, 3.05) is 19.7 Å². The lowest BCUT2D eigenvalue weighted by atomic mass is 9.95. The van der Waals surface area contributed by atoms with Crippen LogP contribution in [0.15, 0.2) is 12.4 Å². The van der Waals surface area contributed by atoms with Crippen molar-refractivity contribution in [2.45, 2.75) is 20.3 Å². The van der Waals surface area contributed by atoms with Gasteiger partial charge in [0, 0.05) is 51.0 Å². The molecule has 0 aliphatic carbocycles. The van der Waals surface area contributed by atoms with E-state index in [1.165, 1.54) is 0 Å². The highest BCUT2D eigenvalue weighted by Gasteiger charge is 2.15. The number of aliphatic hydroxyl groups excluding tert-OH is 1. The molecular weight excluding hydrogens is 190 g/mol. The lowest BCUT2D eigenvalue weighted by Gasteiger charge is -2.21. The number of nitrogens with one attached hydrogen (secondary N) is 1. The topological polar surface area (TPSA) is 50.1 Å². The molecule has 0 aliphatic heterocycles. The van der Waals surface area contributed by atoms with Crippen LogP contribution in [0.5, 0.6) is 0 Å². The second kappa shape index (κ2) is 5.28. The molecular formula is C11H21N3O. The summed E-state index contributed by atoms with van der Waals surface area (Å²) < 4.78 is 2.03. The summed E-state index contributed by atoms with van der Waals surface area (Å²) in [6.45, 7) is 6.02. The summed E-state index contributed by atoms with van der Waals surface area (Å²) in [5.74, 6) is 1.09. The fourth-order valence-electron chi connectivity index (χ4n) is 1.32. The number of nitrogens with zero attached hydrogens (tertiary/aromatic N) is 2. The summed E-state index contributed by atoms with van der Waals surface area (Å²) in [4.78, 5) is 4.24. The Morgan fingerprint density at radius 1 is 1.53 bits per heavy atom. The Balaban J connectivity index is 2.20. The Hall–Kier alpha value is -0.870. The Kier molecular flexibility index (Phi) is 4.29. The van der Waals surface area contributed by atoms with Gasteiger partial charge in [-0.3, -0.25) is 0 Å². The minimum Gasteiger partial charge on any atom is -0.396 e. The molecule has 86 valence electrons. The zero-order valence-corrected chi connectivity index (χ0v) is 9.82. The van der Waals surface area contributed by atoms with Crippen molar-refractivity contribution in [3.8, 4) is 0 Å². The summed E-state index contributed by atoms with van der Waals surface area (Å²) in [5, 5.41) is 12.4. The Labute approximate surface area is 91.3 Å². The molecule has 0 fully saturated rings. The number of aromatic nitrogens is 2. The van der Waals surface area contributed by atoms with Gasteiger partial charge in [-0.15, -0.1) is 0 Å². The quantitative estimate of drug-likeness (QED) is 0.676. The molecule has 0 amide bonds. The van der Waals surface area contributed by atoms with Crippen LogP contribution < -0.4 is 5.32 Å². The number of hydrogen-bond acceptors (Lipinski definition) is 3. The molecule has 1 heterocycles. The highest BCUT2D eigenvalue weighted by Crippen LogP contribution is 2.10. The largest absolute Gasteiger partial charge is 0.396 e. The van der Waals surface area contributed by atoms with Gasteiger partial charge in [0.15, 0.2) is 0 Å². The van der Waals surface area contributed by atoms with Crippen LogP contribution in [0.3, 0.4) is 0 Å². The Bertz CT molecular complexity index is 294. The van der Waals surface area contributed by atoms with Crippen molar-refractivity contribution in [3.05, 3.63) is 18.2 Å². The summed E-state index contributed by atoms with van der Waals surface area (Å²) in [6.07, 6.45) is 4.69. The number of imidazole rings is 1. The first-order valence-corrected chi connectivity index (χ1v) is 5.33. The van der Waals surface area contributed by atoms with Crippen LogP contribution in [0.1, 0.15) is 19.7 Å². The zero-order chi connectivity index (χ0) is 11.3. The van der Waals surface area contributed by atoms with E-state index in [0.29, 0.717) is 0 Å². The van der Waals surface area contributed by atoms with E-state index in [9.17, 15) is 0 Å². The van der Waals surface area contributed by atoms with E-state index in [4.69, 9.17) is 5.11 Å². The number of rotatable bonds is 6. The standard InChI is InChI=1S/C11H21N3O/c1-11(2,9-15)8-12-5-4-10-13-6-7-14(10)3/h6-7,12,15H,4-5,8-9H2,1-3H3. The van der Waals surface area contributed by atoms with Crippen LogP contribution in [0, 0.1) is 5.41 Å². The van der Waals surface area contributed by atoms with Crippen molar-refractivity contribution in [2.24, 2.45) is 12.5 Å². The van der Waals surface area contributed by atoms with Gasteiger partial charge < -0.3 is 15.0 Å². The van der Waals surface area contributed by atoms with Crippen LogP contribution >= 0.6 is 0 Å². The predicted molar refractivity (Wildman–Crippen MR) is 60.6 cm³/mol. The molecule has 0 spiro atoms. The van der Waals surface area contributed by atoms with Crippen LogP contribution in [0.2, 0.25) is 0 Å². The van der Waals surface area contributed by atoms with Crippen molar-refractivity contribution in [3.63, 3.8) is 0 Å². The predicted octanol–water partition coefficient (Wildman–Crippen LogP) is 0.571. The van der Waals surface area contributed by atoms with E-state index in [-0.39, 0.29) is 12.0 Å². The molecule has 4 heteroatoms. The second-order valence-electron chi connectivity index (χ2n) is 4.70. The molecule has 0 saturated carbocycles. The molecule has 0 aromatic carbocycles. The monoisotopic (exact) mass is 211 g/mol. The van der Waals surface area contributed by atoms with Crippen molar-refractivity contribution >= 4 is 0 Å². The minimum atomic E-state index is -0.0400. The molecule has 0 atom stereocenters. The molecule has 0 radical (unpaired) electrons. The van der Waals surface area contributed by atoms with Crippen LogP contribution in [0.4, 0.5) is 0 Å². The first-order chi connectivity index (χ1) is 7.05. The van der Waals surface area contributed by atoms with Crippen LogP contribution in [0.25, 0.3) is 0 Å². The van der Waals surface area contributed by atoms with E-state index in [2.05, 4.69) is 10.3 Å². The van der Waals surface area contributed by atoms with Crippen LogP contribution in [-0.4, -0.2) is 34.4 Å². The zero-order valence-electron chi connectivity index (χ0n) is 9.82. The maximum atomic E-state index is 9.06. The van der Waals surface area contributed by atoms with Gasteiger partial charge in [-0.2, -0.15) is 0 Å². The fourth-order valence-corrected chi connectivity index (χ4v) is 1.32. The fraction of sp³-hybridized carbons (Fsp3) is 0.727. The third kappa shape index (κ3) is 4.01. The lowest BCUT2D eigenvalue weighted by Crippen LogP contribution is -2.33. The average molecular weight is 211 g/mol. The lowest BCUT2D eigenvalue weighted by molar-refractivity contribution is 0.157. The molecule has 0 bridgehead atoms. The third-order valence-electron chi connectivity index (χ3n) is 2.48. The van der Waals surface area contributed by atoms with E-state index < -0.39 is 0 Å². The normalized spacial score (nSPS) is 12.0. The summed E-state index contributed by atoms with van der Waals surface area (Å²) in [6, 6.07) is 0. The van der Waals surface area contributed by atoms with E-state index in [1.807, 2.05) is 37.9 Å². The van der Waals surface area contributed by atoms with Gasteiger partial charge in [-0.1, -0.05) is 13.8 Å². The molecule has 1 aromatic heterocycles. The Morgan fingerprint density at radius 2 is 2.27 bits per heavy atom. The van der Waals surface area contributed by atoms with Gasteiger partial charge in [0.05, 0.1) is 0 Å². The maximum Gasteiger partial charge on any atom is 0.109 e. The molecule has 1 rings (SSSR count). The van der Waals surface area contributed by atoms with Crippen molar-refractivity contribution in [1.82, 2.24) is 14.9 Å². The minimum absolute atomic E-state index is 0.0400. The SMILES string of the molecule is Cn1ccnc1CCNCC(C)(C)CO.